The zero-order valence-electron chi connectivity index (χ0n) is 5.95. The van der Waals surface area contributed by atoms with Crippen LogP contribution in [0.1, 0.15) is 0 Å². The molecule has 0 aliphatic carbocycles. The van der Waals surface area contributed by atoms with Gasteiger partial charge in [-0.2, -0.15) is 10.6 Å². The topological polar surface area (TPSA) is 29.4 Å². The number of rotatable bonds is 1. The molecule has 4 heteroatoms. The highest BCUT2D eigenvalue weighted by atomic mass is 35.5. The van der Waals surface area contributed by atoms with Crippen molar-refractivity contribution in [3.8, 4) is 0 Å². The molecule has 1 rings (SSSR count). The van der Waals surface area contributed by atoms with Gasteiger partial charge in [0, 0.05) is 12.1 Å². The standard InChI is InChI=1S/C7H7ClNOS/c1-9-11(10)7-4-2-6(8)3-5-7/h2-5H,1H3/q-1. The summed E-state index contributed by atoms with van der Waals surface area (Å²) in [6.07, 6.45) is 0. The van der Waals surface area contributed by atoms with Crippen molar-refractivity contribution in [2.24, 2.45) is 4.36 Å². The second kappa shape index (κ2) is 3.74. The maximum Gasteiger partial charge on any atom is 0.0404 e. The molecule has 1 aromatic rings. The molecule has 0 amide bonds. The monoisotopic (exact) mass is 188 g/mol. The van der Waals surface area contributed by atoms with Gasteiger partial charge in [0.2, 0.25) is 0 Å². The predicted molar refractivity (Wildman–Crippen MR) is 46.1 cm³/mol. The minimum atomic E-state index is -1.23. The Morgan fingerprint density at radius 3 is 2.36 bits per heavy atom. The molecule has 0 fully saturated rings. The Morgan fingerprint density at radius 2 is 1.91 bits per heavy atom. The fraction of sp³-hybridized carbons (Fsp3) is 0.143. The van der Waals surface area contributed by atoms with Crippen LogP contribution in [0, 0.1) is 0 Å². The molecule has 0 aromatic heterocycles. The van der Waals surface area contributed by atoms with Crippen LogP contribution in [0.3, 0.4) is 0 Å². The summed E-state index contributed by atoms with van der Waals surface area (Å²) in [6.45, 7) is 0. The zero-order valence-corrected chi connectivity index (χ0v) is 7.52. The Morgan fingerprint density at radius 1 is 1.36 bits per heavy atom. The van der Waals surface area contributed by atoms with Gasteiger partial charge in [-0.05, 0) is 12.1 Å². The smallest absolute Gasteiger partial charge is 0.0404 e. The highest BCUT2D eigenvalue weighted by molar-refractivity contribution is 7.74. The van der Waals surface area contributed by atoms with Crippen LogP contribution < -0.4 is 0 Å². The molecule has 0 atom stereocenters. The number of hydrogen-bond donors (Lipinski definition) is 0. The van der Waals surface area contributed by atoms with Gasteiger partial charge < -0.3 is 8.57 Å². The summed E-state index contributed by atoms with van der Waals surface area (Å²) >= 11 is 5.63. The number of hydrogen-bond acceptors (Lipinski definition) is 3. The lowest BCUT2D eigenvalue weighted by molar-refractivity contribution is 0.600. The molecule has 0 saturated heterocycles. The summed E-state index contributed by atoms with van der Waals surface area (Å²) < 4.78 is 14.6. The summed E-state index contributed by atoms with van der Waals surface area (Å²) in [5.41, 5.74) is 0. The van der Waals surface area contributed by atoms with Crippen LogP contribution in [0.2, 0.25) is 5.02 Å². The van der Waals surface area contributed by atoms with Gasteiger partial charge in [0.1, 0.15) is 0 Å². The lowest BCUT2D eigenvalue weighted by atomic mass is 10.4. The first-order valence-corrected chi connectivity index (χ1v) is 4.50. The average Bonchev–Trinajstić information content (AvgIpc) is 2.05. The van der Waals surface area contributed by atoms with Crippen molar-refractivity contribution < 1.29 is 4.21 Å². The number of halogens is 1. The molecular formula is C7H7ClNOS-. The van der Waals surface area contributed by atoms with Crippen LogP contribution in [-0.4, -0.2) is 7.05 Å². The van der Waals surface area contributed by atoms with Crippen molar-refractivity contribution >= 4 is 22.2 Å². The van der Waals surface area contributed by atoms with Crippen LogP contribution in [-0.2, 0) is 14.8 Å². The van der Waals surface area contributed by atoms with E-state index in [2.05, 4.69) is 4.36 Å². The number of benzene rings is 1. The largest absolute Gasteiger partial charge is 0.440 e. The van der Waals surface area contributed by atoms with E-state index in [0.29, 0.717) is 9.92 Å². The van der Waals surface area contributed by atoms with Gasteiger partial charge in [0.25, 0.3) is 0 Å². The van der Waals surface area contributed by atoms with Gasteiger partial charge in [-0.25, -0.2) is 0 Å². The maximum absolute atomic E-state index is 11.0. The molecule has 1 aromatic carbocycles. The lowest BCUT2D eigenvalue weighted by Crippen LogP contribution is -1.76. The summed E-state index contributed by atoms with van der Waals surface area (Å²) in [7, 11) is 0.286. The van der Waals surface area contributed by atoms with Crippen LogP contribution in [0.25, 0.3) is 0 Å². The van der Waals surface area contributed by atoms with Crippen molar-refractivity contribution in [2.75, 3.05) is 7.05 Å². The second-order valence-electron chi connectivity index (χ2n) is 1.89. The first-order valence-electron chi connectivity index (χ1n) is 3.01. The fourth-order valence-electron chi connectivity index (χ4n) is 0.656. The van der Waals surface area contributed by atoms with E-state index in [1.807, 2.05) is 0 Å². The van der Waals surface area contributed by atoms with Gasteiger partial charge in [-0.1, -0.05) is 28.6 Å². The quantitative estimate of drug-likeness (QED) is 0.623. The van der Waals surface area contributed by atoms with Crippen LogP contribution in [0.5, 0.6) is 0 Å². The van der Waals surface area contributed by atoms with E-state index in [1.165, 1.54) is 7.05 Å². The highest BCUT2D eigenvalue weighted by Crippen LogP contribution is 2.10. The fourth-order valence-corrected chi connectivity index (χ4v) is 1.36. The third kappa shape index (κ3) is 2.20. The van der Waals surface area contributed by atoms with E-state index < -0.39 is 10.6 Å². The Balaban J connectivity index is 3.09. The third-order valence-corrected chi connectivity index (χ3v) is 2.44. The third-order valence-electron chi connectivity index (χ3n) is 1.18. The minimum absolute atomic E-state index is 0.641. The van der Waals surface area contributed by atoms with Crippen molar-refractivity contribution in [3.05, 3.63) is 29.3 Å². The SMILES string of the molecule is CN=[S-](=O)c1ccc(Cl)cc1. The molecule has 11 heavy (non-hydrogen) atoms. The Kier molecular flexibility index (Phi) is 2.91. The molecule has 0 N–H and O–H groups in total. The predicted octanol–water partition coefficient (Wildman–Crippen LogP) is 2.48. The molecule has 0 aliphatic heterocycles. The van der Waals surface area contributed by atoms with Crippen molar-refractivity contribution in [3.63, 3.8) is 0 Å². The second-order valence-corrected chi connectivity index (χ2v) is 3.66. The first kappa shape index (κ1) is 8.56. The summed E-state index contributed by atoms with van der Waals surface area (Å²) in [4.78, 5) is 0.678. The molecule has 0 radical (unpaired) electrons. The van der Waals surface area contributed by atoms with E-state index in [-0.39, 0.29) is 0 Å². The molecule has 60 valence electrons. The van der Waals surface area contributed by atoms with E-state index in [4.69, 9.17) is 11.6 Å². The van der Waals surface area contributed by atoms with Crippen LogP contribution in [0.4, 0.5) is 0 Å². The Hall–Kier alpha value is -0.540. The first-order chi connectivity index (χ1) is 5.24. The minimum Gasteiger partial charge on any atom is -0.440 e. The Labute approximate surface area is 72.4 Å². The molecule has 0 saturated carbocycles. The molecule has 0 spiro atoms. The van der Waals surface area contributed by atoms with Gasteiger partial charge in [0.05, 0.1) is 0 Å². The van der Waals surface area contributed by atoms with Gasteiger partial charge in [-0.3, -0.25) is 0 Å². The molecule has 2 nitrogen and oxygen atoms in total. The summed E-state index contributed by atoms with van der Waals surface area (Å²) in [5.74, 6) is 0. The van der Waals surface area contributed by atoms with E-state index in [0.717, 1.165) is 0 Å². The van der Waals surface area contributed by atoms with Crippen molar-refractivity contribution in [1.82, 2.24) is 0 Å². The van der Waals surface area contributed by atoms with Crippen molar-refractivity contribution in [1.29, 1.82) is 0 Å². The lowest BCUT2D eigenvalue weighted by Gasteiger charge is -2.01. The molecule has 0 aliphatic rings. The van der Waals surface area contributed by atoms with E-state index >= 15 is 0 Å². The average molecular weight is 189 g/mol. The molecular weight excluding hydrogens is 182 g/mol. The van der Waals surface area contributed by atoms with Gasteiger partial charge >= 0.3 is 0 Å². The van der Waals surface area contributed by atoms with E-state index in [9.17, 15) is 4.21 Å². The molecule has 0 bridgehead atoms. The van der Waals surface area contributed by atoms with Crippen molar-refractivity contribution in [2.45, 2.75) is 4.90 Å². The summed E-state index contributed by atoms with van der Waals surface area (Å²) in [5, 5.41) is 0.641. The summed E-state index contributed by atoms with van der Waals surface area (Å²) in [6, 6.07) is 6.79. The van der Waals surface area contributed by atoms with Crippen LogP contribution >= 0.6 is 11.6 Å². The number of nitrogens with zero attached hydrogens (tertiary/aromatic N) is 1. The van der Waals surface area contributed by atoms with Crippen LogP contribution in [0.15, 0.2) is 33.5 Å². The molecule has 0 heterocycles. The van der Waals surface area contributed by atoms with Gasteiger partial charge in [-0.15, -0.1) is 0 Å². The normalized spacial score (nSPS) is 13.3. The zero-order chi connectivity index (χ0) is 8.27. The Bertz CT molecular complexity index is 314. The highest BCUT2D eigenvalue weighted by Gasteiger charge is 1.83. The van der Waals surface area contributed by atoms with E-state index in [1.54, 1.807) is 24.3 Å². The van der Waals surface area contributed by atoms with Gasteiger partial charge in [0.15, 0.2) is 0 Å². The maximum atomic E-state index is 11.0. The molecule has 0 unspecified atom stereocenters.